The molecule has 3 N–H and O–H groups in total. The highest BCUT2D eigenvalue weighted by Gasteiger charge is 2.09. The summed E-state index contributed by atoms with van der Waals surface area (Å²) in [6.07, 6.45) is 0. The number of carbonyl (C=O) groups is 1. The van der Waals surface area contributed by atoms with Crippen LogP contribution in [0, 0.1) is 0 Å². The second-order valence-electron chi connectivity index (χ2n) is 4.05. The first-order valence-electron chi connectivity index (χ1n) is 5.71. The van der Waals surface area contributed by atoms with Crippen LogP contribution in [0.15, 0.2) is 36.4 Å². The molecule has 0 saturated heterocycles. The molecule has 6 heteroatoms. The van der Waals surface area contributed by atoms with Crippen molar-refractivity contribution in [2.24, 2.45) is 0 Å². The van der Waals surface area contributed by atoms with E-state index in [1.165, 1.54) is 7.11 Å². The molecule has 0 atom stereocenters. The Morgan fingerprint density at radius 1 is 1.15 bits per heavy atom. The summed E-state index contributed by atoms with van der Waals surface area (Å²) in [5, 5.41) is 3.98. The lowest BCUT2D eigenvalue weighted by Gasteiger charge is -2.11. The lowest BCUT2D eigenvalue weighted by atomic mass is 10.1. The first kappa shape index (κ1) is 14.5. The van der Waals surface area contributed by atoms with E-state index in [9.17, 15) is 4.79 Å². The van der Waals surface area contributed by atoms with Gasteiger partial charge in [0.05, 0.1) is 34.1 Å². The molecule has 0 spiro atoms. The highest BCUT2D eigenvalue weighted by Crippen LogP contribution is 2.29. The molecule has 0 fully saturated rings. The van der Waals surface area contributed by atoms with Gasteiger partial charge >= 0.3 is 5.97 Å². The summed E-state index contributed by atoms with van der Waals surface area (Å²) in [5.41, 5.74) is 8.09. The van der Waals surface area contributed by atoms with Crippen molar-refractivity contribution in [3.05, 3.63) is 52.0 Å². The number of anilines is 3. The van der Waals surface area contributed by atoms with Crippen LogP contribution in [0.5, 0.6) is 0 Å². The Balaban J connectivity index is 2.32. The van der Waals surface area contributed by atoms with Crippen LogP contribution >= 0.6 is 23.2 Å². The Morgan fingerprint density at radius 3 is 2.55 bits per heavy atom. The van der Waals surface area contributed by atoms with E-state index < -0.39 is 5.97 Å². The van der Waals surface area contributed by atoms with Crippen LogP contribution < -0.4 is 11.1 Å². The Kier molecular flexibility index (Phi) is 4.37. The van der Waals surface area contributed by atoms with Gasteiger partial charge in [0.25, 0.3) is 0 Å². The van der Waals surface area contributed by atoms with Gasteiger partial charge in [0.15, 0.2) is 0 Å². The number of nitrogens with one attached hydrogen (secondary N) is 1. The van der Waals surface area contributed by atoms with Gasteiger partial charge in [-0.25, -0.2) is 4.79 Å². The maximum absolute atomic E-state index is 11.5. The molecule has 20 heavy (non-hydrogen) atoms. The third-order valence-corrected chi connectivity index (χ3v) is 3.41. The number of methoxy groups -OCH3 is 1. The van der Waals surface area contributed by atoms with Gasteiger partial charge in [-0.1, -0.05) is 23.2 Å². The van der Waals surface area contributed by atoms with Gasteiger partial charge in [-0.15, -0.1) is 0 Å². The van der Waals surface area contributed by atoms with E-state index in [-0.39, 0.29) is 0 Å². The van der Waals surface area contributed by atoms with Crippen LogP contribution in [0.4, 0.5) is 17.1 Å². The van der Waals surface area contributed by atoms with E-state index in [2.05, 4.69) is 10.1 Å². The molecule has 0 saturated carbocycles. The molecule has 0 aliphatic rings. The zero-order chi connectivity index (χ0) is 14.7. The highest BCUT2D eigenvalue weighted by molar-refractivity contribution is 6.42. The van der Waals surface area contributed by atoms with Crippen LogP contribution in [0.3, 0.4) is 0 Å². The zero-order valence-corrected chi connectivity index (χ0v) is 12.1. The van der Waals surface area contributed by atoms with Crippen LogP contribution in [0.25, 0.3) is 0 Å². The number of halogens is 2. The molecule has 0 aliphatic carbocycles. The lowest BCUT2D eigenvalue weighted by molar-refractivity contribution is 0.0601. The average Bonchev–Trinajstić information content (AvgIpc) is 2.44. The molecule has 2 rings (SSSR count). The molecule has 0 amide bonds. The number of benzene rings is 2. The smallest absolute Gasteiger partial charge is 0.337 e. The molecule has 4 nitrogen and oxygen atoms in total. The lowest BCUT2D eigenvalue weighted by Crippen LogP contribution is -2.04. The first-order valence-corrected chi connectivity index (χ1v) is 6.47. The molecule has 104 valence electrons. The summed E-state index contributed by atoms with van der Waals surface area (Å²) >= 11 is 11.8. The minimum Gasteiger partial charge on any atom is -0.465 e. The van der Waals surface area contributed by atoms with Crippen molar-refractivity contribution in [3.63, 3.8) is 0 Å². The second-order valence-corrected chi connectivity index (χ2v) is 4.86. The molecule has 0 unspecified atom stereocenters. The number of ether oxygens (including phenoxy) is 1. The molecule has 2 aromatic rings. The highest BCUT2D eigenvalue weighted by atomic mass is 35.5. The third kappa shape index (κ3) is 3.15. The minimum atomic E-state index is -0.429. The Labute approximate surface area is 126 Å². The van der Waals surface area contributed by atoms with Crippen LogP contribution in [0.1, 0.15) is 10.4 Å². The third-order valence-electron chi connectivity index (χ3n) is 2.67. The number of hydrogen-bond donors (Lipinski definition) is 2. The maximum atomic E-state index is 11.5. The monoisotopic (exact) mass is 310 g/mol. The van der Waals surface area contributed by atoms with Crippen molar-refractivity contribution >= 4 is 46.2 Å². The summed E-state index contributed by atoms with van der Waals surface area (Å²) in [7, 11) is 1.32. The van der Waals surface area contributed by atoms with E-state index >= 15 is 0 Å². The summed E-state index contributed by atoms with van der Waals surface area (Å²) in [5.74, 6) is -0.429. The SMILES string of the molecule is COC(=O)c1ccc(N)c(Nc2ccc(Cl)c(Cl)c2)c1. The largest absolute Gasteiger partial charge is 0.465 e. The van der Waals surface area contributed by atoms with Crippen molar-refractivity contribution in [2.45, 2.75) is 0 Å². The van der Waals surface area contributed by atoms with Gasteiger partial charge in [-0.2, -0.15) is 0 Å². The Hall–Kier alpha value is -1.91. The average molecular weight is 311 g/mol. The van der Waals surface area contributed by atoms with Crippen molar-refractivity contribution in [1.82, 2.24) is 0 Å². The van der Waals surface area contributed by atoms with Crippen molar-refractivity contribution < 1.29 is 9.53 Å². The summed E-state index contributed by atoms with van der Waals surface area (Å²) in [4.78, 5) is 11.5. The van der Waals surface area contributed by atoms with E-state index in [1.807, 2.05) is 0 Å². The minimum absolute atomic E-state index is 0.407. The quantitative estimate of drug-likeness (QED) is 0.661. The van der Waals surface area contributed by atoms with Gasteiger partial charge < -0.3 is 15.8 Å². The standard InChI is InChI=1S/C14H12Cl2N2O2/c1-20-14(19)8-2-5-12(17)13(6-8)18-9-3-4-10(15)11(16)7-9/h2-7,18H,17H2,1H3. The number of carbonyl (C=O) groups excluding carboxylic acids is 1. The van der Waals surface area contributed by atoms with E-state index in [4.69, 9.17) is 28.9 Å². The second kappa shape index (κ2) is 6.03. The molecular formula is C14H12Cl2N2O2. The predicted octanol–water partition coefficient (Wildman–Crippen LogP) is 4.11. The zero-order valence-electron chi connectivity index (χ0n) is 10.6. The summed E-state index contributed by atoms with van der Waals surface area (Å²) < 4.78 is 4.67. The molecule has 0 aliphatic heterocycles. The number of nitrogen functional groups attached to an aromatic ring is 1. The summed E-state index contributed by atoms with van der Waals surface area (Å²) in [6.45, 7) is 0. The molecular weight excluding hydrogens is 299 g/mol. The number of rotatable bonds is 3. The topological polar surface area (TPSA) is 64.3 Å². The number of nitrogens with two attached hydrogens (primary N) is 1. The van der Waals surface area contributed by atoms with Crippen molar-refractivity contribution in [1.29, 1.82) is 0 Å². The number of hydrogen-bond acceptors (Lipinski definition) is 4. The molecule has 0 radical (unpaired) electrons. The van der Waals surface area contributed by atoms with E-state index in [0.717, 1.165) is 0 Å². The molecule has 0 heterocycles. The van der Waals surface area contributed by atoms with E-state index in [0.29, 0.717) is 32.7 Å². The van der Waals surface area contributed by atoms with E-state index in [1.54, 1.807) is 36.4 Å². The molecule has 0 bridgehead atoms. The van der Waals surface area contributed by atoms with Gasteiger partial charge in [0.1, 0.15) is 0 Å². The van der Waals surface area contributed by atoms with Crippen LogP contribution in [-0.2, 0) is 4.74 Å². The number of esters is 1. The predicted molar refractivity (Wildman–Crippen MR) is 81.9 cm³/mol. The first-order chi connectivity index (χ1) is 9.51. The maximum Gasteiger partial charge on any atom is 0.337 e. The van der Waals surface area contributed by atoms with Gasteiger partial charge in [-0.05, 0) is 36.4 Å². The fourth-order valence-electron chi connectivity index (χ4n) is 1.64. The van der Waals surface area contributed by atoms with Gasteiger partial charge in [-0.3, -0.25) is 0 Å². The Morgan fingerprint density at radius 2 is 1.90 bits per heavy atom. The molecule has 0 aromatic heterocycles. The van der Waals surface area contributed by atoms with Crippen LogP contribution in [0.2, 0.25) is 10.0 Å². The van der Waals surface area contributed by atoms with Crippen LogP contribution in [-0.4, -0.2) is 13.1 Å². The van der Waals surface area contributed by atoms with Gasteiger partial charge in [0, 0.05) is 5.69 Å². The summed E-state index contributed by atoms with van der Waals surface area (Å²) in [6, 6.07) is 9.95. The molecule has 2 aromatic carbocycles. The fourth-order valence-corrected chi connectivity index (χ4v) is 1.94. The van der Waals surface area contributed by atoms with Gasteiger partial charge in [0.2, 0.25) is 0 Å². The Bertz CT molecular complexity index is 660. The van der Waals surface area contributed by atoms with Crippen molar-refractivity contribution in [3.8, 4) is 0 Å². The fraction of sp³-hybridized carbons (Fsp3) is 0.0714. The normalized spacial score (nSPS) is 10.2. The van der Waals surface area contributed by atoms with Crippen molar-refractivity contribution in [2.75, 3.05) is 18.2 Å².